The molecule has 0 aliphatic rings. The standard InChI is InChI=1S/C20H21N3O4/c1-2-3-13-21-20(25)18(22-19(24)16-7-5-4-6-8-16)14-15-9-11-17(12-10-15)23(26)27/h4-12,14H,2-3,13H2,1H3,(H,21,25)(H,22,24). The Balaban J connectivity index is 2.24. The van der Waals surface area contributed by atoms with E-state index in [9.17, 15) is 19.7 Å². The first kappa shape index (κ1) is 19.8. The van der Waals surface area contributed by atoms with Crippen molar-refractivity contribution in [2.24, 2.45) is 0 Å². The van der Waals surface area contributed by atoms with Crippen LogP contribution in [0.4, 0.5) is 5.69 Å². The quantitative estimate of drug-likeness (QED) is 0.323. The minimum Gasteiger partial charge on any atom is -0.351 e. The minimum atomic E-state index is -0.497. The zero-order valence-electron chi connectivity index (χ0n) is 15.0. The lowest BCUT2D eigenvalue weighted by Crippen LogP contribution is -2.35. The molecule has 0 unspecified atom stereocenters. The van der Waals surface area contributed by atoms with Crippen molar-refractivity contribution in [3.63, 3.8) is 0 Å². The topological polar surface area (TPSA) is 101 Å². The van der Waals surface area contributed by atoms with E-state index in [1.807, 2.05) is 6.92 Å². The second kappa shape index (κ2) is 9.86. The number of unbranched alkanes of at least 4 members (excludes halogenated alkanes) is 1. The second-order valence-corrected chi connectivity index (χ2v) is 5.84. The van der Waals surface area contributed by atoms with Crippen molar-refractivity contribution in [1.82, 2.24) is 10.6 Å². The van der Waals surface area contributed by atoms with E-state index in [-0.39, 0.29) is 11.4 Å². The van der Waals surface area contributed by atoms with Crippen LogP contribution in [0.25, 0.3) is 6.08 Å². The van der Waals surface area contributed by atoms with Gasteiger partial charge in [0.25, 0.3) is 17.5 Å². The van der Waals surface area contributed by atoms with Crippen LogP contribution in [-0.2, 0) is 4.79 Å². The van der Waals surface area contributed by atoms with Crippen LogP contribution < -0.4 is 10.6 Å². The number of rotatable bonds is 8. The van der Waals surface area contributed by atoms with E-state index in [1.165, 1.54) is 30.3 Å². The number of amides is 2. The predicted octanol–water partition coefficient (Wildman–Crippen LogP) is 3.28. The van der Waals surface area contributed by atoms with E-state index in [0.717, 1.165) is 12.8 Å². The van der Waals surface area contributed by atoms with Gasteiger partial charge in [-0.15, -0.1) is 0 Å². The average Bonchev–Trinajstić information content (AvgIpc) is 2.68. The first-order valence-electron chi connectivity index (χ1n) is 8.62. The van der Waals surface area contributed by atoms with Crippen molar-refractivity contribution in [2.75, 3.05) is 6.54 Å². The van der Waals surface area contributed by atoms with E-state index < -0.39 is 16.7 Å². The first-order valence-corrected chi connectivity index (χ1v) is 8.62. The van der Waals surface area contributed by atoms with Crippen molar-refractivity contribution in [3.05, 3.63) is 81.5 Å². The van der Waals surface area contributed by atoms with Crippen LogP contribution >= 0.6 is 0 Å². The maximum absolute atomic E-state index is 12.5. The van der Waals surface area contributed by atoms with Gasteiger partial charge in [-0.2, -0.15) is 0 Å². The summed E-state index contributed by atoms with van der Waals surface area (Å²) in [5, 5.41) is 16.1. The van der Waals surface area contributed by atoms with Gasteiger partial charge in [0, 0.05) is 24.2 Å². The summed E-state index contributed by atoms with van der Waals surface area (Å²) in [7, 11) is 0. The maximum Gasteiger partial charge on any atom is 0.269 e. The van der Waals surface area contributed by atoms with Gasteiger partial charge in [-0.1, -0.05) is 31.5 Å². The zero-order valence-corrected chi connectivity index (χ0v) is 15.0. The Morgan fingerprint density at radius 2 is 1.74 bits per heavy atom. The van der Waals surface area contributed by atoms with Crippen molar-refractivity contribution in [2.45, 2.75) is 19.8 Å². The molecule has 0 heterocycles. The van der Waals surface area contributed by atoms with E-state index >= 15 is 0 Å². The molecule has 0 aliphatic heterocycles. The molecule has 27 heavy (non-hydrogen) atoms. The molecule has 0 saturated heterocycles. The summed E-state index contributed by atoms with van der Waals surface area (Å²) >= 11 is 0. The number of hydrogen-bond acceptors (Lipinski definition) is 4. The second-order valence-electron chi connectivity index (χ2n) is 5.84. The summed E-state index contributed by atoms with van der Waals surface area (Å²) < 4.78 is 0. The molecule has 2 aromatic rings. The van der Waals surface area contributed by atoms with Crippen LogP contribution in [0.5, 0.6) is 0 Å². The molecule has 0 radical (unpaired) electrons. The van der Waals surface area contributed by atoms with Crippen LogP contribution in [0, 0.1) is 10.1 Å². The van der Waals surface area contributed by atoms with Crippen LogP contribution in [0.1, 0.15) is 35.7 Å². The number of non-ortho nitro benzene ring substituents is 1. The third kappa shape index (κ3) is 6.07. The fraction of sp³-hybridized carbons (Fsp3) is 0.200. The molecule has 2 N–H and O–H groups in total. The highest BCUT2D eigenvalue weighted by Crippen LogP contribution is 2.14. The normalized spacial score (nSPS) is 10.9. The molecule has 7 heteroatoms. The smallest absolute Gasteiger partial charge is 0.269 e. The number of nitro groups is 1. The number of hydrogen-bond donors (Lipinski definition) is 2. The zero-order chi connectivity index (χ0) is 19.6. The maximum atomic E-state index is 12.5. The highest BCUT2D eigenvalue weighted by atomic mass is 16.6. The number of nitrogens with one attached hydrogen (secondary N) is 2. The molecule has 0 bridgehead atoms. The summed E-state index contributed by atoms with van der Waals surface area (Å²) in [4.78, 5) is 35.1. The molecule has 140 valence electrons. The molecule has 0 spiro atoms. The molecule has 0 aliphatic carbocycles. The Morgan fingerprint density at radius 1 is 1.07 bits per heavy atom. The van der Waals surface area contributed by atoms with Crippen LogP contribution in [0.15, 0.2) is 60.3 Å². The Kier molecular flexibility index (Phi) is 7.25. The summed E-state index contributed by atoms with van der Waals surface area (Å²) in [5.74, 6) is -0.819. The van der Waals surface area contributed by atoms with E-state index in [2.05, 4.69) is 10.6 Å². The average molecular weight is 367 g/mol. The Morgan fingerprint density at radius 3 is 2.33 bits per heavy atom. The molecule has 2 rings (SSSR count). The Bertz CT molecular complexity index is 830. The van der Waals surface area contributed by atoms with Gasteiger partial charge in [-0.3, -0.25) is 19.7 Å². The molecule has 7 nitrogen and oxygen atoms in total. The molecule has 0 fully saturated rings. The van der Waals surface area contributed by atoms with Gasteiger partial charge in [-0.05, 0) is 42.3 Å². The molecular weight excluding hydrogens is 346 g/mol. The number of nitrogens with zero attached hydrogens (tertiary/aromatic N) is 1. The van der Waals surface area contributed by atoms with Crippen molar-refractivity contribution >= 4 is 23.6 Å². The summed E-state index contributed by atoms with van der Waals surface area (Å²) in [6.07, 6.45) is 3.24. The van der Waals surface area contributed by atoms with Crippen molar-refractivity contribution < 1.29 is 14.5 Å². The number of nitro benzene ring substituents is 1. The number of carbonyl (C=O) groups excluding carboxylic acids is 2. The SMILES string of the molecule is CCCCNC(=O)C(=Cc1ccc([N+](=O)[O-])cc1)NC(=O)c1ccccc1. The number of carbonyl (C=O) groups is 2. The largest absolute Gasteiger partial charge is 0.351 e. The van der Waals surface area contributed by atoms with Crippen LogP contribution in [0.2, 0.25) is 0 Å². The lowest BCUT2D eigenvalue weighted by Gasteiger charge is -2.11. The fourth-order valence-corrected chi connectivity index (χ4v) is 2.28. The predicted molar refractivity (Wildman–Crippen MR) is 103 cm³/mol. The highest BCUT2D eigenvalue weighted by Gasteiger charge is 2.14. The fourth-order valence-electron chi connectivity index (χ4n) is 2.28. The van der Waals surface area contributed by atoms with E-state index in [4.69, 9.17) is 0 Å². The Labute approximate surface area is 157 Å². The lowest BCUT2D eigenvalue weighted by atomic mass is 10.1. The van der Waals surface area contributed by atoms with Gasteiger partial charge < -0.3 is 10.6 Å². The minimum absolute atomic E-state index is 0.0468. The van der Waals surface area contributed by atoms with Crippen LogP contribution in [0.3, 0.4) is 0 Å². The van der Waals surface area contributed by atoms with Gasteiger partial charge in [0.15, 0.2) is 0 Å². The highest BCUT2D eigenvalue weighted by molar-refractivity contribution is 6.05. The Hall–Kier alpha value is -3.48. The third-order valence-corrected chi connectivity index (χ3v) is 3.76. The van der Waals surface area contributed by atoms with Gasteiger partial charge in [-0.25, -0.2) is 0 Å². The molecule has 0 aromatic heterocycles. The van der Waals surface area contributed by atoms with Gasteiger partial charge in [0.1, 0.15) is 5.70 Å². The molecular formula is C20H21N3O4. The van der Waals surface area contributed by atoms with E-state index in [0.29, 0.717) is 17.7 Å². The van der Waals surface area contributed by atoms with Gasteiger partial charge >= 0.3 is 0 Å². The van der Waals surface area contributed by atoms with Crippen molar-refractivity contribution in [1.29, 1.82) is 0 Å². The van der Waals surface area contributed by atoms with Gasteiger partial charge in [0.05, 0.1) is 4.92 Å². The number of benzene rings is 2. The van der Waals surface area contributed by atoms with E-state index in [1.54, 1.807) is 30.3 Å². The summed E-state index contributed by atoms with van der Waals surface area (Å²) in [5.41, 5.74) is 1.02. The van der Waals surface area contributed by atoms with Crippen LogP contribution in [-0.4, -0.2) is 23.3 Å². The molecule has 0 atom stereocenters. The third-order valence-electron chi connectivity index (χ3n) is 3.76. The summed E-state index contributed by atoms with van der Waals surface area (Å²) in [6.45, 7) is 2.51. The summed E-state index contributed by atoms with van der Waals surface area (Å²) in [6, 6.07) is 14.3. The van der Waals surface area contributed by atoms with Crippen molar-refractivity contribution in [3.8, 4) is 0 Å². The molecule has 0 saturated carbocycles. The monoisotopic (exact) mass is 367 g/mol. The molecule has 2 aromatic carbocycles. The first-order chi connectivity index (χ1) is 13.0. The lowest BCUT2D eigenvalue weighted by molar-refractivity contribution is -0.384. The van der Waals surface area contributed by atoms with Gasteiger partial charge in [0.2, 0.25) is 0 Å². The molecule has 2 amide bonds.